The van der Waals surface area contributed by atoms with Gasteiger partial charge < -0.3 is 11.1 Å². The molecule has 0 radical (unpaired) electrons. The summed E-state index contributed by atoms with van der Waals surface area (Å²) in [7, 11) is 0. The Labute approximate surface area is 89.7 Å². The average Bonchev–Trinajstić information content (AvgIpc) is 2.54. The minimum absolute atomic E-state index is 0.0388. The number of nitrogens with zero attached hydrogens (tertiary/aromatic N) is 1. The Balaban J connectivity index is 2.00. The quantitative estimate of drug-likeness (QED) is 0.708. The van der Waals surface area contributed by atoms with Crippen LogP contribution in [-0.4, -0.2) is 17.1 Å². The van der Waals surface area contributed by atoms with Gasteiger partial charge in [-0.05, 0) is 33.2 Å². The van der Waals surface area contributed by atoms with Gasteiger partial charge >= 0.3 is 0 Å². The zero-order chi connectivity index (χ0) is 10.4. The maximum absolute atomic E-state index is 5.87. The fraction of sp³-hybridized carbons (Fsp3) is 0.700. The Hall–Kier alpha value is -0.450. The van der Waals surface area contributed by atoms with E-state index in [2.05, 4.69) is 24.1 Å². The van der Waals surface area contributed by atoms with Crippen molar-refractivity contribution in [3.63, 3.8) is 0 Å². The largest absolute Gasteiger partial charge is 0.326 e. The molecule has 0 atom stereocenters. The Morgan fingerprint density at radius 1 is 1.57 bits per heavy atom. The lowest BCUT2D eigenvalue weighted by Gasteiger charge is -2.17. The highest BCUT2D eigenvalue weighted by Crippen LogP contribution is 2.06. The SMILES string of the molecule is CC(C)(N)CCCNCc1nccs1. The van der Waals surface area contributed by atoms with Crippen LogP contribution in [0, 0.1) is 0 Å². The van der Waals surface area contributed by atoms with Gasteiger partial charge in [-0.1, -0.05) is 0 Å². The lowest BCUT2D eigenvalue weighted by Crippen LogP contribution is -2.32. The highest BCUT2D eigenvalue weighted by Gasteiger charge is 2.08. The van der Waals surface area contributed by atoms with Crippen molar-refractivity contribution in [2.24, 2.45) is 5.73 Å². The van der Waals surface area contributed by atoms with Crippen molar-refractivity contribution >= 4 is 11.3 Å². The van der Waals surface area contributed by atoms with Crippen LogP contribution in [-0.2, 0) is 6.54 Å². The lowest BCUT2D eigenvalue weighted by atomic mass is 10.0. The maximum Gasteiger partial charge on any atom is 0.106 e. The number of nitrogens with two attached hydrogens (primary N) is 1. The molecule has 1 rings (SSSR count). The monoisotopic (exact) mass is 213 g/mol. The van der Waals surface area contributed by atoms with Gasteiger partial charge in [-0.15, -0.1) is 11.3 Å². The van der Waals surface area contributed by atoms with Crippen molar-refractivity contribution in [3.8, 4) is 0 Å². The smallest absolute Gasteiger partial charge is 0.106 e. The van der Waals surface area contributed by atoms with Gasteiger partial charge in [0.1, 0.15) is 5.01 Å². The summed E-state index contributed by atoms with van der Waals surface area (Å²) in [5.41, 5.74) is 5.84. The van der Waals surface area contributed by atoms with E-state index >= 15 is 0 Å². The molecule has 0 aliphatic rings. The number of thiazole rings is 1. The van der Waals surface area contributed by atoms with Crippen molar-refractivity contribution in [1.29, 1.82) is 0 Å². The molecule has 0 spiro atoms. The Morgan fingerprint density at radius 3 is 2.93 bits per heavy atom. The molecule has 4 heteroatoms. The van der Waals surface area contributed by atoms with Gasteiger partial charge in [-0.3, -0.25) is 0 Å². The molecule has 0 saturated heterocycles. The zero-order valence-corrected chi connectivity index (χ0v) is 9.73. The molecule has 3 nitrogen and oxygen atoms in total. The summed E-state index contributed by atoms with van der Waals surface area (Å²) < 4.78 is 0. The van der Waals surface area contributed by atoms with Crippen molar-refractivity contribution in [2.45, 2.75) is 38.8 Å². The molecule has 0 bridgehead atoms. The number of nitrogens with one attached hydrogen (secondary N) is 1. The Kier molecular flexibility index (Phi) is 4.51. The first-order valence-corrected chi connectivity index (χ1v) is 5.84. The first-order chi connectivity index (χ1) is 6.58. The van der Waals surface area contributed by atoms with Gasteiger partial charge in [-0.2, -0.15) is 0 Å². The van der Waals surface area contributed by atoms with E-state index in [-0.39, 0.29) is 5.54 Å². The van der Waals surface area contributed by atoms with E-state index < -0.39 is 0 Å². The van der Waals surface area contributed by atoms with Crippen LogP contribution < -0.4 is 11.1 Å². The number of hydrogen-bond donors (Lipinski definition) is 2. The molecule has 0 amide bonds. The van der Waals surface area contributed by atoms with Crippen molar-refractivity contribution in [1.82, 2.24) is 10.3 Å². The van der Waals surface area contributed by atoms with Gasteiger partial charge in [0.05, 0.1) is 0 Å². The second-order valence-corrected chi connectivity index (χ2v) is 5.17. The Morgan fingerprint density at radius 2 is 2.36 bits per heavy atom. The minimum atomic E-state index is -0.0388. The standard InChI is InChI=1S/C10H19N3S/c1-10(2,11)4-3-5-12-8-9-13-6-7-14-9/h6-7,12H,3-5,8,11H2,1-2H3. The summed E-state index contributed by atoms with van der Waals surface area (Å²) in [6.45, 7) is 6.02. The van der Waals surface area contributed by atoms with E-state index in [0.717, 1.165) is 30.9 Å². The van der Waals surface area contributed by atoms with Crippen LogP contribution >= 0.6 is 11.3 Å². The molecule has 0 aliphatic carbocycles. The molecular formula is C10H19N3S. The third-order valence-electron chi connectivity index (χ3n) is 1.93. The summed E-state index contributed by atoms with van der Waals surface area (Å²) in [6.07, 6.45) is 4.01. The van der Waals surface area contributed by atoms with E-state index in [1.54, 1.807) is 11.3 Å². The predicted octanol–water partition coefficient (Wildman–Crippen LogP) is 1.75. The highest BCUT2D eigenvalue weighted by atomic mass is 32.1. The molecule has 0 aliphatic heterocycles. The van der Waals surface area contributed by atoms with E-state index in [1.807, 2.05) is 11.6 Å². The second kappa shape index (κ2) is 5.44. The molecule has 1 aromatic heterocycles. The summed E-state index contributed by atoms with van der Waals surface area (Å²) >= 11 is 1.69. The summed E-state index contributed by atoms with van der Waals surface area (Å²) in [6, 6.07) is 0. The predicted molar refractivity (Wildman–Crippen MR) is 61.3 cm³/mol. The second-order valence-electron chi connectivity index (χ2n) is 4.19. The topological polar surface area (TPSA) is 50.9 Å². The van der Waals surface area contributed by atoms with Crippen LogP contribution in [0.2, 0.25) is 0 Å². The lowest BCUT2D eigenvalue weighted by molar-refractivity contribution is 0.448. The van der Waals surface area contributed by atoms with Crippen LogP contribution in [0.3, 0.4) is 0 Å². The van der Waals surface area contributed by atoms with E-state index in [1.165, 1.54) is 0 Å². The molecule has 1 heterocycles. The maximum atomic E-state index is 5.87. The molecule has 14 heavy (non-hydrogen) atoms. The van der Waals surface area contributed by atoms with Gasteiger partial charge in [0.2, 0.25) is 0 Å². The summed E-state index contributed by atoms with van der Waals surface area (Å²) in [5.74, 6) is 0. The van der Waals surface area contributed by atoms with Gasteiger partial charge in [-0.25, -0.2) is 4.98 Å². The molecular weight excluding hydrogens is 194 g/mol. The fourth-order valence-corrected chi connectivity index (χ4v) is 1.79. The molecule has 0 fully saturated rings. The summed E-state index contributed by atoms with van der Waals surface area (Å²) in [4.78, 5) is 4.19. The van der Waals surface area contributed by atoms with E-state index in [9.17, 15) is 0 Å². The molecule has 80 valence electrons. The minimum Gasteiger partial charge on any atom is -0.326 e. The van der Waals surface area contributed by atoms with E-state index in [0.29, 0.717) is 0 Å². The molecule has 3 N–H and O–H groups in total. The van der Waals surface area contributed by atoms with Crippen molar-refractivity contribution in [2.75, 3.05) is 6.54 Å². The normalized spacial score (nSPS) is 11.9. The van der Waals surface area contributed by atoms with Crippen molar-refractivity contribution < 1.29 is 0 Å². The van der Waals surface area contributed by atoms with E-state index in [4.69, 9.17) is 5.73 Å². The highest BCUT2D eigenvalue weighted by molar-refractivity contribution is 7.09. The van der Waals surface area contributed by atoms with Crippen LogP contribution in [0.5, 0.6) is 0 Å². The van der Waals surface area contributed by atoms with Crippen LogP contribution in [0.4, 0.5) is 0 Å². The number of rotatable bonds is 6. The first-order valence-electron chi connectivity index (χ1n) is 4.96. The zero-order valence-electron chi connectivity index (χ0n) is 8.92. The average molecular weight is 213 g/mol. The molecule has 0 aromatic carbocycles. The van der Waals surface area contributed by atoms with Crippen molar-refractivity contribution in [3.05, 3.63) is 16.6 Å². The number of aromatic nitrogens is 1. The van der Waals surface area contributed by atoms with Crippen LogP contribution in [0.1, 0.15) is 31.7 Å². The van der Waals surface area contributed by atoms with Crippen LogP contribution in [0.25, 0.3) is 0 Å². The molecule has 0 unspecified atom stereocenters. The fourth-order valence-electron chi connectivity index (χ4n) is 1.20. The number of hydrogen-bond acceptors (Lipinski definition) is 4. The van der Waals surface area contributed by atoms with Crippen LogP contribution in [0.15, 0.2) is 11.6 Å². The van der Waals surface area contributed by atoms with Gasteiger partial charge in [0.15, 0.2) is 0 Å². The first kappa shape index (κ1) is 11.6. The molecule has 0 saturated carbocycles. The molecule has 1 aromatic rings. The third kappa shape index (κ3) is 5.32. The Bertz CT molecular complexity index is 238. The van der Waals surface area contributed by atoms with Gasteiger partial charge in [0, 0.05) is 23.7 Å². The third-order valence-corrected chi connectivity index (χ3v) is 2.71. The van der Waals surface area contributed by atoms with Gasteiger partial charge in [0.25, 0.3) is 0 Å². The summed E-state index contributed by atoms with van der Waals surface area (Å²) in [5, 5.41) is 6.50.